The topological polar surface area (TPSA) is 29.5 Å². The smallest absolute Gasteiger partial charge is 0.168 e. The van der Waals surface area contributed by atoms with Crippen LogP contribution in [0.5, 0.6) is 5.75 Å². The van der Waals surface area contributed by atoms with E-state index in [1.807, 2.05) is 0 Å². The predicted octanol–water partition coefficient (Wildman–Crippen LogP) is 3.56. The Labute approximate surface area is 116 Å². The molecule has 0 radical (unpaired) electrons. The second-order valence-corrected chi connectivity index (χ2v) is 4.72. The third-order valence-electron chi connectivity index (χ3n) is 3.13. The fourth-order valence-electron chi connectivity index (χ4n) is 2.15. The fourth-order valence-corrected chi connectivity index (χ4v) is 2.15. The first-order chi connectivity index (χ1) is 9.51. The van der Waals surface area contributed by atoms with Crippen molar-refractivity contribution in [2.75, 3.05) is 7.11 Å². The molecule has 0 aliphatic rings. The Hall–Kier alpha value is -1.94. The van der Waals surface area contributed by atoms with E-state index in [-0.39, 0.29) is 12.2 Å². The maximum absolute atomic E-state index is 14.0. The van der Waals surface area contributed by atoms with Gasteiger partial charge in [0.15, 0.2) is 11.6 Å². The van der Waals surface area contributed by atoms with Gasteiger partial charge in [0.05, 0.1) is 13.2 Å². The summed E-state index contributed by atoms with van der Waals surface area (Å²) in [7, 11) is 1.38. The monoisotopic (exact) mass is 278 g/mol. The van der Waals surface area contributed by atoms with Crippen LogP contribution in [0.3, 0.4) is 0 Å². The summed E-state index contributed by atoms with van der Waals surface area (Å²) in [6.07, 6.45) is -0.905. The third kappa shape index (κ3) is 3.14. The summed E-state index contributed by atoms with van der Waals surface area (Å²) >= 11 is 0. The van der Waals surface area contributed by atoms with Crippen molar-refractivity contribution < 1.29 is 18.6 Å². The molecule has 2 aromatic rings. The molecule has 0 saturated heterocycles. The summed E-state index contributed by atoms with van der Waals surface area (Å²) in [6.45, 7) is 1.74. The molecule has 1 N–H and O–H groups in total. The molecule has 0 bridgehead atoms. The van der Waals surface area contributed by atoms with Crippen LogP contribution in [0.25, 0.3) is 0 Å². The van der Waals surface area contributed by atoms with Crippen molar-refractivity contribution in [1.82, 2.24) is 0 Å². The minimum atomic E-state index is -0.967. The number of ether oxygens (including phenoxy) is 1. The SMILES string of the molecule is COc1cccc(CC(O)c2cc(C)cc(F)c2)c1F. The molecule has 2 rings (SSSR count). The van der Waals surface area contributed by atoms with Crippen molar-refractivity contribution in [3.8, 4) is 5.75 Å². The molecule has 0 fully saturated rings. The zero-order chi connectivity index (χ0) is 14.7. The van der Waals surface area contributed by atoms with E-state index in [2.05, 4.69) is 0 Å². The Morgan fingerprint density at radius 3 is 2.60 bits per heavy atom. The Kier molecular flexibility index (Phi) is 4.35. The van der Waals surface area contributed by atoms with Crippen molar-refractivity contribution in [3.63, 3.8) is 0 Å². The van der Waals surface area contributed by atoms with E-state index in [0.29, 0.717) is 16.7 Å². The molecule has 20 heavy (non-hydrogen) atoms. The number of aliphatic hydroxyl groups excluding tert-OH is 1. The van der Waals surface area contributed by atoms with E-state index in [1.54, 1.807) is 25.1 Å². The van der Waals surface area contributed by atoms with Crippen molar-refractivity contribution >= 4 is 0 Å². The van der Waals surface area contributed by atoms with Gasteiger partial charge in [0.25, 0.3) is 0 Å². The summed E-state index contributed by atoms with van der Waals surface area (Å²) in [5, 5.41) is 10.1. The summed E-state index contributed by atoms with van der Waals surface area (Å²) in [6, 6.07) is 9.06. The molecule has 2 aromatic carbocycles. The number of hydrogen-bond donors (Lipinski definition) is 1. The van der Waals surface area contributed by atoms with Gasteiger partial charge in [0.1, 0.15) is 5.82 Å². The van der Waals surface area contributed by atoms with Gasteiger partial charge in [-0.05, 0) is 41.8 Å². The number of aliphatic hydroxyl groups is 1. The van der Waals surface area contributed by atoms with Gasteiger partial charge >= 0.3 is 0 Å². The van der Waals surface area contributed by atoms with Crippen LogP contribution in [-0.2, 0) is 6.42 Å². The number of hydrogen-bond acceptors (Lipinski definition) is 2. The Bertz CT molecular complexity index is 591. The fraction of sp³-hybridized carbons (Fsp3) is 0.250. The van der Waals surface area contributed by atoms with Crippen LogP contribution in [0.1, 0.15) is 22.8 Å². The molecule has 0 amide bonds. The normalized spacial score (nSPS) is 12.2. The highest BCUT2D eigenvalue weighted by molar-refractivity contribution is 5.33. The van der Waals surface area contributed by atoms with Crippen molar-refractivity contribution in [1.29, 1.82) is 0 Å². The molecule has 0 heterocycles. The molecule has 0 aromatic heterocycles. The highest BCUT2D eigenvalue weighted by atomic mass is 19.1. The number of rotatable bonds is 4. The van der Waals surface area contributed by atoms with Gasteiger partial charge in [0, 0.05) is 6.42 Å². The second-order valence-electron chi connectivity index (χ2n) is 4.72. The predicted molar refractivity (Wildman–Crippen MR) is 72.8 cm³/mol. The first-order valence-electron chi connectivity index (χ1n) is 6.28. The summed E-state index contributed by atoms with van der Waals surface area (Å²) in [5.74, 6) is -0.780. The van der Waals surface area contributed by atoms with Crippen LogP contribution >= 0.6 is 0 Å². The molecule has 106 valence electrons. The van der Waals surface area contributed by atoms with E-state index >= 15 is 0 Å². The first kappa shape index (κ1) is 14.5. The van der Waals surface area contributed by atoms with E-state index in [9.17, 15) is 13.9 Å². The van der Waals surface area contributed by atoms with Crippen LogP contribution in [-0.4, -0.2) is 12.2 Å². The van der Waals surface area contributed by atoms with Crippen molar-refractivity contribution in [2.24, 2.45) is 0 Å². The van der Waals surface area contributed by atoms with Gasteiger partial charge in [-0.2, -0.15) is 0 Å². The van der Waals surface area contributed by atoms with Gasteiger partial charge in [0.2, 0.25) is 0 Å². The average Bonchev–Trinajstić information content (AvgIpc) is 2.40. The van der Waals surface area contributed by atoms with Gasteiger partial charge in [-0.15, -0.1) is 0 Å². The molecule has 4 heteroatoms. The minimum Gasteiger partial charge on any atom is -0.494 e. The Morgan fingerprint density at radius 1 is 1.20 bits per heavy atom. The lowest BCUT2D eigenvalue weighted by molar-refractivity contribution is 0.176. The summed E-state index contributed by atoms with van der Waals surface area (Å²) < 4.78 is 32.2. The molecular formula is C16H16F2O2. The first-order valence-corrected chi connectivity index (χ1v) is 6.28. The Balaban J connectivity index is 2.25. The highest BCUT2D eigenvalue weighted by Crippen LogP contribution is 2.26. The molecule has 1 atom stereocenters. The van der Waals surface area contributed by atoms with Crippen LogP contribution in [0, 0.1) is 18.6 Å². The maximum atomic E-state index is 14.0. The number of halogens is 2. The molecule has 1 unspecified atom stereocenters. The third-order valence-corrected chi connectivity index (χ3v) is 3.13. The van der Waals surface area contributed by atoms with Crippen LogP contribution in [0.4, 0.5) is 8.78 Å². The standard InChI is InChI=1S/C16H16F2O2/c1-10-6-12(8-13(17)7-10)14(19)9-11-4-3-5-15(20-2)16(11)18/h3-8,14,19H,9H2,1-2H3. The van der Waals surface area contributed by atoms with E-state index in [4.69, 9.17) is 4.74 Å². The van der Waals surface area contributed by atoms with Gasteiger partial charge in [-0.25, -0.2) is 8.78 Å². The van der Waals surface area contributed by atoms with Crippen LogP contribution in [0.15, 0.2) is 36.4 Å². The number of benzene rings is 2. The van der Waals surface area contributed by atoms with E-state index in [1.165, 1.54) is 25.3 Å². The lowest BCUT2D eigenvalue weighted by Gasteiger charge is -2.14. The molecule has 0 aliphatic carbocycles. The van der Waals surface area contributed by atoms with Gasteiger partial charge in [-0.3, -0.25) is 0 Å². The molecule has 0 spiro atoms. The minimum absolute atomic E-state index is 0.0614. The summed E-state index contributed by atoms with van der Waals surface area (Å²) in [5.41, 5.74) is 1.48. The average molecular weight is 278 g/mol. The zero-order valence-electron chi connectivity index (χ0n) is 11.4. The summed E-state index contributed by atoms with van der Waals surface area (Å²) in [4.78, 5) is 0. The molecule has 0 aliphatic heterocycles. The van der Waals surface area contributed by atoms with E-state index < -0.39 is 17.7 Å². The van der Waals surface area contributed by atoms with Gasteiger partial charge < -0.3 is 9.84 Å². The number of aryl methyl sites for hydroxylation is 1. The molecule has 0 saturated carbocycles. The maximum Gasteiger partial charge on any atom is 0.168 e. The van der Waals surface area contributed by atoms with Crippen molar-refractivity contribution in [2.45, 2.75) is 19.4 Å². The second kappa shape index (κ2) is 6.01. The van der Waals surface area contributed by atoms with Crippen LogP contribution < -0.4 is 4.74 Å². The van der Waals surface area contributed by atoms with E-state index in [0.717, 1.165) is 0 Å². The van der Waals surface area contributed by atoms with Crippen molar-refractivity contribution in [3.05, 3.63) is 64.7 Å². The largest absolute Gasteiger partial charge is 0.494 e. The lowest BCUT2D eigenvalue weighted by Crippen LogP contribution is -2.05. The van der Waals surface area contributed by atoms with Crippen LogP contribution in [0.2, 0.25) is 0 Å². The zero-order valence-corrected chi connectivity index (χ0v) is 11.4. The Morgan fingerprint density at radius 2 is 1.95 bits per heavy atom. The quantitative estimate of drug-likeness (QED) is 0.926. The van der Waals surface area contributed by atoms with Gasteiger partial charge in [-0.1, -0.05) is 18.2 Å². The highest BCUT2D eigenvalue weighted by Gasteiger charge is 2.15. The number of methoxy groups -OCH3 is 1. The lowest BCUT2D eigenvalue weighted by atomic mass is 9.99. The molecule has 2 nitrogen and oxygen atoms in total. The molecular weight excluding hydrogens is 262 g/mol.